The molecule has 1 amide bonds. The van der Waals surface area contributed by atoms with Gasteiger partial charge in [0.25, 0.3) is 5.91 Å². The third-order valence-corrected chi connectivity index (χ3v) is 3.30. The molecule has 8 heteroatoms. The molecule has 94 valence electrons. The molecule has 0 spiro atoms. The minimum absolute atomic E-state index is 0.163. The fourth-order valence-electron chi connectivity index (χ4n) is 1.26. The Hall–Kier alpha value is -1.37. The number of halogens is 2. The van der Waals surface area contributed by atoms with Crippen LogP contribution in [0.25, 0.3) is 0 Å². The Morgan fingerprint density at radius 1 is 1.50 bits per heavy atom. The van der Waals surface area contributed by atoms with Gasteiger partial charge >= 0.3 is 4.87 Å². The van der Waals surface area contributed by atoms with Crippen LogP contribution in [-0.2, 0) is 6.54 Å². The highest BCUT2D eigenvalue weighted by molar-refractivity contribution is 7.07. The van der Waals surface area contributed by atoms with Crippen LogP contribution >= 0.6 is 34.5 Å². The quantitative estimate of drug-likeness (QED) is 0.852. The van der Waals surface area contributed by atoms with Gasteiger partial charge in [0.2, 0.25) is 0 Å². The molecule has 0 fully saturated rings. The van der Waals surface area contributed by atoms with E-state index in [0.29, 0.717) is 5.69 Å². The van der Waals surface area contributed by atoms with E-state index >= 15 is 0 Å². The number of amides is 1. The monoisotopic (exact) mass is 303 g/mol. The first kappa shape index (κ1) is 13.1. The van der Waals surface area contributed by atoms with Crippen LogP contribution in [0, 0.1) is 0 Å². The van der Waals surface area contributed by atoms with Crippen LogP contribution in [0.4, 0.5) is 0 Å². The average Bonchev–Trinajstić information content (AvgIpc) is 2.75. The SMILES string of the molecule is O=C(NCc1csc(=O)[nH]1)c1cc(Cl)ncc1Cl. The zero-order valence-electron chi connectivity index (χ0n) is 8.87. The number of aromatic amines is 1. The van der Waals surface area contributed by atoms with Crippen molar-refractivity contribution in [2.24, 2.45) is 0 Å². The number of nitrogens with one attached hydrogen (secondary N) is 2. The minimum atomic E-state index is -0.378. The molecule has 2 aromatic heterocycles. The molecule has 0 aromatic carbocycles. The molecule has 0 aliphatic heterocycles. The van der Waals surface area contributed by atoms with Gasteiger partial charge in [-0.15, -0.1) is 0 Å². The fraction of sp³-hybridized carbons (Fsp3) is 0.100. The molecule has 2 heterocycles. The summed E-state index contributed by atoms with van der Waals surface area (Å²) in [7, 11) is 0. The Balaban J connectivity index is 2.08. The maximum absolute atomic E-state index is 11.8. The lowest BCUT2D eigenvalue weighted by molar-refractivity contribution is 0.0950. The highest BCUT2D eigenvalue weighted by Gasteiger charge is 2.11. The summed E-state index contributed by atoms with van der Waals surface area (Å²) in [4.78, 5) is 28.9. The molecule has 2 aromatic rings. The molecule has 5 nitrogen and oxygen atoms in total. The third-order valence-electron chi connectivity index (χ3n) is 2.08. The van der Waals surface area contributed by atoms with Crippen LogP contribution in [-0.4, -0.2) is 15.9 Å². The van der Waals surface area contributed by atoms with Crippen LogP contribution in [0.15, 0.2) is 22.4 Å². The lowest BCUT2D eigenvalue weighted by Crippen LogP contribution is -2.23. The molecular formula is C10H7Cl2N3O2S. The van der Waals surface area contributed by atoms with Crippen molar-refractivity contribution in [1.29, 1.82) is 0 Å². The van der Waals surface area contributed by atoms with Gasteiger partial charge in [0, 0.05) is 17.3 Å². The van der Waals surface area contributed by atoms with Gasteiger partial charge in [-0.25, -0.2) is 4.98 Å². The largest absolute Gasteiger partial charge is 0.346 e. The summed E-state index contributed by atoms with van der Waals surface area (Å²) in [5, 5.41) is 4.67. The summed E-state index contributed by atoms with van der Waals surface area (Å²) in [6, 6.07) is 1.38. The maximum Gasteiger partial charge on any atom is 0.304 e. The molecule has 0 aliphatic carbocycles. The van der Waals surface area contributed by atoms with E-state index in [1.807, 2.05) is 0 Å². The number of thiazole rings is 1. The molecule has 0 atom stereocenters. The van der Waals surface area contributed by atoms with Crippen molar-refractivity contribution in [2.75, 3.05) is 0 Å². The van der Waals surface area contributed by atoms with Crippen molar-refractivity contribution in [3.8, 4) is 0 Å². The number of hydrogen-bond acceptors (Lipinski definition) is 4. The number of nitrogens with zero attached hydrogens (tertiary/aromatic N) is 1. The van der Waals surface area contributed by atoms with E-state index in [1.165, 1.54) is 12.3 Å². The second-order valence-electron chi connectivity index (χ2n) is 3.34. The van der Waals surface area contributed by atoms with Crippen molar-refractivity contribution >= 4 is 40.4 Å². The van der Waals surface area contributed by atoms with Gasteiger partial charge in [-0.1, -0.05) is 34.5 Å². The van der Waals surface area contributed by atoms with Gasteiger partial charge in [0.15, 0.2) is 0 Å². The van der Waals surface area contributed by atoms with E-state index in [1.54, 1.807) is 5.38 Å². The number of carbonyl (C=O) groups is 1. The van der Waals surface area contributed by atoms with E-state index < -0.39 is 0 Å². The highest BCUT2D eigenvalue weighted by atomic mass is 35.5. The number of pyridine rings is 1. The third kappa shape index (κ3) is 3.10. The molecule has 0 bridgehead atoms. The molecule has 0 unspecified atom stereocenters. The number of aromatic nitrogens is 2. The minimum Gasteiger partial charge on any atom is -0.346 e. The van der Waals surface area contributed by atoms with Crippen LogP contribution < -0.4 is 10.2 Å². The lowest BCUT2D eigenvalue weighted by atomic mass is 10.2. The molecule has 0 radical (unpaired) electrons. The zero-order chi connectivity index (χ0) is 13.1. The number of H-pyrrole nitrogens is 1. The van der Waals surface area contributed by atoms with Gasteiger partial charge in [-0.05, 0) is 6.07 Å². The number of rotatable bonds is 3. The Morgan fingerprint density at radius 3 is 2.94 bits per heavy atom. The lowest BCUT2D eigenvalue weighted by Gasteiger charge is -2.05. The summed E-state index contributed by atoms with van der Waals surface area (Å²) in [5.74, 6) is -0.378. The second kappa shape index (κ2) is 5.51. The molecule has 0 saturated carbocycles. The summed E-state index contributed by atoms with van der Waals surface area (Å²) in [5.41, 5.74) is 0.879. The predicted molar refractivity (Wildman–Crippen MR) is 70.4 cm³/mol. The van der Waals surface area contributed by atoms with E-state index in [-0.39, 0.29) is 33.1 Å². The van der Waals surface area contributed by atoms with Crippen LogP contribution in [0.3, 0.4) is 0 Å². The smallest absolute Gasteiger partial charge is 0.304 e. The zero-order valence-corrected chi connectivity index (χ0v) is 11.2. The second-order valence-corrected chi connectivity index (χ2v) is 4.98. The molecule has 2 N–H and O–H groups in total. The molecule has 0 saturated heterocycles. The summed E-state index contributed by atoms with van der Waals surface area (Å²) < 4.78 is 0. The Labute approximate surface area is 116 Å². The standard InChI is InChI=1S/C10H7Cl2N3O2S/c11-7-3-13-8(12)1-6(7)9(16)14-2-5-4-18-10(17)15-5/h1,3-4H,2H2,(H,14,16)(H,15,17). The summed E-state index contributed by atoms with van der Waals surface area (Å²) in [6.45, 7) is 0.216. The van der Waals surface area contributed by atoms with Crippen molar-refractivity contribution < 1.29 is 4.79 Å². The van der Waals surface area contributed by atoms with E-state index in [2.05, 4.69) is 15.3 Å². The van der Waals surface area contributed by atoms with Crippen LogP contribution in [0.1, 0.15) is 16.1 Å². The molecular weight excluding hydrogens is 297 g/mol. The number of carbonyl (C=O) groups excluding carboxylic acids is 1. The first-order valence-electron chi connectivity index (χ1n) is 4.82. The maximum atomic E-state index is 11.8. The van der Waals surface area contributed by atoms with Gasteiger partial charge in [-0.2, -0.15) is 0 Å². The van der Waals surface area contributed by atoms with E-state index in [4.69, 9.17) is 23.2 Å². The van der Waals surface area contributed by atoms with Gasteiger partial charge in [0.1, 0.15) is 5.15 Å². The van der Waals surface area contributed by atoms with E-state index in [0.717, 1.165) is 11.3 Å². The van der Waals surface area contributed by atoms with Gasteiger partial charge in [-0.3, -0.25) is 9.59 Å². The topological polar surface area (TPSA) is 74.8 Å². The van der Waals surface area contributed by atoms with Gasteiger partial charge in [0.05, 0.1) is 17.1 Å². The predicted octanol–water partition coefficient (Wildman–Crippen LogP) is 2.07. The molecule has 2 rings (SSSR count). The van der Waals surface area contributed by atoms with Gasteiger partial charge < -0.3 is 10.3 Å². The first-order valence-corrected chi connectivity index (χ1v) is 6.46. The Morgan fingerprint density at radius 2 is 2.28 bits per heavy atom. The van der Waals surface area contributed by atoms with Crippen molar-refractivity contribution in [3.05, 3.63) is 48.7 Å². The summed E-state index contributed by atoms with van der Waals surface area (Å²) >= 11 is 12.6. The van der Waals surface area contributed by atoms with E-state index in [9.17, 15) is 9.59 Å². The Kier molecular flexibility index (Phi) is 4.00. The average molecular weight is 304 g/mol. The highest BCUT2D eigenvalue weighted by Crippen LogP contribution is 2.17. The van der Waals surface area contributed by atoms with Crippen LogP contribution in [0.2, 0.25) is 10.2 Å². The normalized spacial score (nSPS) is 10.3. The Bertz CT molecular complexity index is 638. The van der Waals surface area contributed by atoms with Crippen molar-refractivity contribution in [3.63, 3.8) is 0 Å². The summed E-state index contributed by atoms with van der Waals surface area (Å²) in [6.07, 6.45) is 1.31. The fourth-order valence-corrected chi connectivity index (χ4v) is 2.19. The van der Waals surface area contributed by atoms with Crippen molar-refractivity contribution in [2.45, 2.75) is 6.54 Å². The molecule has 0 aliphatic rings. The number of hydrogen-bond donors (Lipinski definition) is 2. The van der Waals surface area contributed by atoms with Crippen LogP contribution in [0.5, 0.6) is 0 Å². The van der Waals surface area contributed by atoms with Crippen molar-refractivity contribution in [1.82, 2.24) is 15.3 Å². The first-order chi connectivity index (χ1) is 8.56. The molecule has 18 heavy (non-hydrogen) atoms.